The fraction of sp³-hybridized carbons (Fsp3) is 0.417. The molecule has 1 heterocycles. The van der Waals surface area contributed by atoms with Crippen LogP contribution in [0, 0.1) is 5.82 Å². The molecule has 0 aliphatic carbocycles. The summed E-state index contributed by atoms with van der Waals surface area (Å²) in [6.45, 7) is 7.35. The largest absolute Gasteiger partial charge is 0.314 e. The Morgan fingerprint density at radius 3 is 2.24 bits per heavy atom. The second-order valence-electron chi connectivity index (χ2n) is 7.77. The van der Waals surface area contributed by atoms with Crippen LogP contribution in [0.3, 0.4) is 0 Å². The first-order chi connectivity index (χ1) is 15.8. The second kappa shape index (κ2) is 11.2. The van der Waals surface area contributed by atoms with Gasteiger partial charge >= 0.3 is 0 Å². The second-order valence-corrected chi connectivity index (χ2v) is 10.7. The Kier molecular flexibility index (Phi) is 8.56. The first kappa shape index (κ1) is 25.3. The molecule has 0 saturated carbocycles. The molecule has 33 heavy (non-hydrogen) atoms. The summed E-state index contributed by atoms with van der Waals surface area (Å²) < 4.78 is 44.4. The molecule has 3 rings (SSSR count). The van der Waals surface area contributed by atoms with E-state index in [1.807, 2.05) is 20.8 Å². The standard InChI is InChI=1S/C24H30FN3O3S2/c1-4-7-16-27(17-8-5-2)33(30,31)19-14-12-18(13-15-19)23(29)26-24-28(6-3)22-20(25)10-9-11-21(22)32-24/h9-15H,4-8,16-17H2,1-3H3. The molecule has 0 unspecified atom stereocenters. The highest BCUT2D eigenvalue weighted by Gasteiger charge is 2.23. The van der Waals surface area contributed by atoms with Gasteiger partial charge in [-0.1, -0.05) is 44.1 Å². The summed E-state index contributed by atoms with van der Waals surface area (Å²) in [5, 5.41) is 0. The van der Waals surface area contributed by atoms with Gasteiger partial charge in [-0.25, -0.2) is 12.8 Å². The lowest BCUT2D eigenvalue weighted by Crippen LogP contribution is -2.33. The molecule has 1 aromatic heterocycles. The minimum Gasteiger partial charge on any atom is -0.314 e. The summed E-state index contributed by atoms with van der Waals surface area (Å²) in [6, 6.07) is 10.7. The summed E-state index contributed by atoms with van der Waals surface area (Å²) in [5.41, 5.74) is 0.709. The first-order valence-electron chi connectivity index (χ1n) is 11.3. The predicted octanol–water partition coefficient (Wildman–Crippen LogP) is 5.19. The molecule has 1 amide bonds. The van der Waals surface area contributed by atoms with Gasteiger partial charge in [-0.2, -0.15) is 9.30 Å². The Balaban J connectivity index is 1.90. The van der Waals surface area contributed by atoms with Crippen LogP contribution in [0.4, 0.5) is 4.39 Å². The monoisotopic (exact) mass is 491 g/mol. The van der Waals surface area contributed by atoms with Crippen molar-refractivity contribution >= 4 is 37.5 Å². The number of rotatable bonds is 10. The fourth-order valence-electron chi connectivity index (χ4n) is 3.56. The molecule has 0 spiro atoms. The average molecular weight is 492 g/mol. The minimum atomic E-state index is -3.63. The number of para-hydroxylation sites is 1. The lowest BCUT2D eigenvalue weighted by atomic mass is 10.2. The zero-order chi connectivity index (χ0) is 24.0. The Morgan fingerprint density at radius 1 is 1.03 bits per heavy atom. The molecule has 0 aliphatic rings. The van der Waals surface area contributed by atoms with Gasteiger partial charge in [0.1, 0.15) is 5.82 Å². The molecule has 2 aromatic carbocycles. The zero-order valence-corrected chi connectivity index (χ0v) is 20.9. The van der Waals surface area contributed by atoms with Gasteiger partial charge in [0.05, 0.1) is 15.1 Å². The van der Waals surface area contributed by atoms with Crippen molar-refractivity contribution in [2.45, 2.75) is 57.9 Å². The first-order valence-corrected chi connectivity index (χ1v) is 13.6. The van der Waals surface area contributed by atoms with Gasteiger partial charge in [-0.15, -0.1) is 0 Å². The number of unbranched alkanes of at least 4 members (excludes halogenated alkanes) is 2. The summed E-state index contributed by atoms with van der Waals surface area (Å²) >= 11 is 1.25. The summed E-state index contributed by atoms with van der Waals surface area (Å²) in [4.78, 5) is 17.6. The van der Waals surface area contributed by atoms with E-state index in [-0.39, 0.29) is 16.3 Å². The molecule has 9 heteroatoms. The number of sulfonamides is 1. The molecule has 178 valence electrons. The van der Waals surface area contributed by atoms with Crippen molar-refractivity contribution in [3.63, 3.8) is 0 Å². The summed E-state index contributed by atoms with van der Waals surface area (Å²) in [7, 11) is -3.63. The van der Waals surface area contributed by atoms with Gasteiger partial charge in [0.15, 0.2) is 4.80 Å². The van der Waals surface area contributed by atoms with Crippen molar-refractivity contribution in [3.8, 4) is 0 Å². The van der Waals surface area contributed by atoms with Crippen LogP contribution >= 0.6 is 11.3 Å². The smallest absolute Gasteiger partial charge is 0.279 e. The number of aromatic nitrogens is 1. The number of hydrogen-bond donors (Lipinski definition) is 0. The van der Waals surface area contributed by atoms with Crippen LogP contribution in [-0.4, -0.2) is 36.3 Å². The Bertz CT molecular complexity index is 1270. The van der Waals surface area contributed by atoms with Crippen molar-refractivity contribution in [2.24, 2.45) is 4.99 Å². The molecule has 0 saturated heterocycles. The Morgan fingerprint density at radius 2 is 1.67 bits per heavy atom. The Hall–Kier alpha value is -2.36. The lowest BCUT2D eigenvalue weighted by molar-refractivity contribution is 0.0997. The highest BCUT2D eigenvalue weighted by Crippen LogP contribution is 2.21. The zero-order valence-electron chi connectivity index (χ0n) is 19.3. The maximum atomic E-state index is 14.3. The Labute approximate surface area is 198 Å². The maximum Gasteiger partial charge on any atom is 0.279 e. The number of thiazole rings is 1. The number of halogens is 1. The van der Waals surface area contributed by atoms with E-state index in [9.17, 15) is 17.6 Å². The van der Waals surface area contributed by atoms with Gasteiger partial charge in [0.2, 0.25) is 10.0 Å². The van der Waals surface area contributed by atoms with Crippen LogP contribution in [0.2, 0.25) is 0 Å². The van der Waals surface area contributed by atoms with Crippen LogP contribution in [-0.2, 0) is 16.6 Å². The van der Waals surface area contributed by atoms with E-state index in [1.54, 1.807) is 16.7 Å². The van der Waals surface area contributed by atoms with Crippen LogP contribution in [0.15, 0.2) is 52.4 Å². The van der Waals surface area contributed by atoms with Crippen molar-refractivity contribution in [2.75, 3.05) is 13.1 Å². The van der Waals surface area contributed by atoms with Crippen LogP contribution in [0.1, 0.15) is 56.8 Å². The quantitative estimate of drug-likeness (QED) is 0.392. The fourth-order valence-corrected chi connectivity index (χ4v) is 6.18. The molecular weight excluding hydrogens is 461 g/mol. The topological polar surface area (TPSA) is 71.7 Å². The van der Waals surface area contributed by atoms with Gasteiger partial charge in [0, 0.05) is 25.2 Å². The van der Waals surface area contributed by atoms with Gasteiger partial charge in [-0.3, -0.25) is 4.79 Å². The number of carbonyl (C=O) groups excluding carboxylic acids is 1. The lowest BCUT2D eigenvalue weighted by Gasteiger charge is -2.22. The molecule has 0 radical (unpaired) electrons. The molecule has 3 aromatic rings. The average Bonchev–Trinajstić information content (AvgIpc) is 3.17. The number of amides is 1. The number of nitrogens with zero attached hydrogens (tertiary/aromatic N) is 3. The van der Waals surface area contributed by atoms with Gasteiger partial charge in [0.25, 0.3) is 5.91 Å². The highest BCUT2D eigenvalue weighted by molar-refractivity contribution is 7.89. The number of fused-ring (bicyclic) bond motifs is 1. The number of carbonyl (C=O) groups is 1. The van der Waals surface area contributed by atoms with Crippen LogP contribution < -0.4 is 4.80 Å². The SMILES string of the molecule is CCCCN(CCCC)S(=O)(=O)c1ccc(C(=O)N=c2sc3cccc(F)c3n2CC)cc1. The van der Waals surface area contributed by atoms with E-state index in [0.717, 1.165) is 25.7 Å². The van der Waals surface area contributed by atoms with Crippen molar-refractivity contribution < 1.29 is 17.6 Å². The van der Waals surface area contributed by atoms with Crippen LogP contribution in [0.5, 0.6) is 0 Å². The van der Waals surface area contributed by atoms with E-state index >= 15 is 0 Å². The van der Waals surface area contributed by atoms with Gasteiger partial charge in [-0.05, 0) is 56.2 Å². The number of benzene rings is 2. The summed E-state index contributed by atoms with van der Waals surface area (Å²) in [6.07, 6.45) is 3.41. The molecule has 0 aliphatic heterocycles. The maximum absolute atomic E-state index is 14.3. The number of hydrogen-bond acceptors (Lipinski definition) is 4. The summed E-state index contributed by atoms with van der Waals surface area (Å²) in [5.74, 6) is -0.855. The van der Waals surface area contributed by atoms with E-state index < -0.39 is 15.9 Å². The van der Waals surface area contributed by atoms with E-state index in [4.69, 9.17) is 0 Å². The van der Waals surface area contributed by atoms with Crippen molar-refractivity contribution in [3.05, 3.63) is 58.6 Å². The van der Waals surface area contributed by atoms with E-state index in [1.165, 1.54) is 46.0 Å². The molecule has 0 atom stereocenters. The third-order valence-electron chi connectivity index (χ3n) is 5.43. The third kappa shape index (κ3) is 5.59. The number of aryl methyl sites for hydroxylation is 1. The van der Waals surface area contributed by atoms with Gasteiger partial charge < -0.3 is 4.57 Å². The minimum absolute atomic E-state index is 0.166. The van der Waals surface area contributed by atoms with E-state index in [0.29, 0.717) is 34.7 Å². The normalized spacial score (nSPS) is 12.7. The highest BCUT2D eigenvalue weighted by atomic mass is 32.2. The van der Waals surface area contributed by atoms with Crippen LogP contribution in [0.25, 0.3) is 10.2 Å². The molecule has 0 bridgehead atoms. The molecule has 0 fully saturated rings. The predicted molar refractivity (Wildman–Crippen MR) is 130 cm³/mol. The molecular formula is C24H30FN3O3S2. The molecule has 6 nitrogen and oxygen atoms in total. The van der Waals surface area contributed by atoms with E-state index in [2.05, 4.69) is 4.99 Å². The van der Waals surface area contributed by atoms with Crippen molar-refractivity contribution in [1.29, 1.82) is 0 Å². The molecule has 0 N–H and O–H groups in total. The van der Waals surface area contributed by atoms with Crippen molar-refractivity contribution in [1.82, 2.24) is 8.87 Å². The third-order valence-corrected chi connectivity index (χ3v) is 8.38.